The molecule has 1 aliphatic heterocycles. The van der Waals surface area contributed by atoms with Gasteiger partial charge in [-0.25, -0.2) is 0 Å². The molecule has 0 spiro atoms. The summed E-state index contributed by atoms with van der Waals surface area (Å²) in [5.41, 5.74) is 6.70. The summed E-state index contributed by atoms with van der Waals surface area (Å²) in [5.74, 6) is 0.0588. The lowest BCUT2D eigenvalue weighted by Gasteiger charge is -2.33. The van der Waals surface area contributed by atoms with Crippen LogP contribution in [0.3, 0.4) is 0 Å². The Bertz CT molecular complexity index is 2540. The Labute approximate surface area is 271 Å². The van der Waals surface area contributed by atoms with Crippen LogP contribution in [0.15, 0.2) is 174 Å². The summed E-state index contributed by atoms with van der Waals surface area (Å²) in [6, 6.07) is 60.8. The minimum atomic E-state index is 0.0588. The third-order valence-corrected chi connectivity index (χ3v) is 11.2. The Balaban J connectivity index is 1.39. The van der Waals surface area contributed by atoms with Gasteiger partial charge < -0.3 is 0 Å². The van der Waals surface area contributed by atoms with Crippen LogP contribution in [0, 0.1) is 0 Å². The molecule has 0 nitrogen and oxygen atoms in total. The van der Waals surface area contributed by atoms with Gasteiger partial charge in [-0.05, 0) is 87.7 Å². The molecule has 1 aliphatic rings. The third-order valence-electron chi connectivity index (χ3n) is 9.95. The van der Waals surface area contributed by atoms with Crippen molar-refractivity contribution in [1.29, 1.82) is 0 Å². The average Bonchev–Trinajstić information content (AvgIpc) is 3.14. The van der Waals surface area contributed by atoms with E-state index in [1.54, 1.807) is 0 Å². The lowest BCUT2D eigenvalue weighted by Crippen LogP contribution is -2.13. The fraction of sp³-hybridized carbons (Fsp3) is 0.0222. The van der Waals surface area contributed by atoms with Gasteiger partial charge in [-0.1, -0.05) is 169 Å². The SMILES string of the molecule is c1ccc(-c2cccc3ccc(C4c5c(c6ccccc6c6ccccc56)Sc5c4c4ccccc4c4ccccc54)cc23)cc1. The molecule has 1 heteroatoms. The van der Waals surface area contributed by atoms with Crippen molar-refractivity contribution in [3.05, 3.63) is 180 Å². The first-order valence-corrected chi connectivity index (χ1v) is 16.8. The number of hydrogen-bond acceptors (Lipinski definition) is 1. The van der Waals surface area contributed by atoms with Crippen molar-refractivity contribution >= 4 is 65.6 Å². The first-order valence-electron chi connectivity index (χ1n) is 16.0. The molecule has 0 radical (unpaired) electrons. The highest BCUT2D eigenvalue weighted by molar-refractivity contribution is 8.00. The minimum absolute atomic E-state index is 0.0588. The van der Waals surface area contributed by atoms with E-state index in [1.807, 2.05) is 11.8 Å². The molecule has 0 bridgehead atoms. The predicted octanol–water partition coefficient (Wildman–Crippen LogP) is 12.8. The molecule has 0 unspecified atom stereocenters. The molecule has 0 saturated carbocycles. The second-order valence-electron chi connectivity index (χ2n) is 12.4. The molecule has 214 valence electrons. The molecule has 0 N–H and O–H groups in total. The molecule has 10 rings (SSSR count). The van der Waals surface area contributed by atoms with E-state index in [0.717, 1.165) is 0 Å². The lowest BCUT2D eigenvalue weighted by atomic mass is 9.77. The molecular weight excluding hydrogens is 573 g/mol. The highest BCUT2D eigenvalue weighted by atomic mass is 32.2. The van der Waals surface area contributed by atoms with Crippen LogP contribution in [0.25, 0.3) is 65.0 Å². The van der Waals surface area contributed by atoms with Gasteiger partial charge >= 0.3 is 0 Å². The quantitative estimate of drug-likeness (QED) is 0.178. The molecule has 0 fully saturated rings. The third kappa shape index (κ3) is 3.70. The van der Waals surface area contributed by atoms with E-state index >= 15 is 0 Å². The lowest BCUT2D eigenvalue weighted by molar-refractivity contribution is 0.940. The Morgan fingerprint density at radius 1 is 0.348 bits per heavy atom. The van der Waals surface area contributed by atoms with Crippen molar-refractivity contribution in [3.63, 3.8) is 0 Å². The van der Waals surface area contributed by atoms with E-state index < -0.39 is 0 Å². The van der Waals surface area contributed by atoms with Crippen LogP contribution in [0.5, 0.6) is 0 Å². The monoisotopic (exact) mass is 600 g/mol. The second-order valence-corrected chi connectivity index (χ2v) is 13.4. The molecule has 0 aromatic heterocycles. The molecule has 0 amide bonds. The van der Waals surface area contributed by atoms with Crippen molar-refractivity contribution < 1.29 is 0 Å². The highest BCUT2D eigenvalue weighted by Crippen LogP contribution is 2.57. The predicted molar refractivity (Wildman–Crippen MR) is 197 cm³/mol. The van der Waals surface area contributed by atoms with E-state index in [0.29, 0.717) is 0 Å². The van der Waals surface area contributed by atoms with Crippen LogP contribution in [-0.4, -0.2) is 0 Å². The Morgan fingerprint density at radius 2 is 0.826 bits per heavy atom. The van der Waals surface area contributed by atoms with Gasteiger partial charge in [-0.3, -0.25) is 0 Å². The summed E-state index contributed by atoms with van der Waals surface area (Å²) >= 11 is 1.97. The zero-order chi connectivity index (χ0) is 30.2. The molecule has 0 saturated heterocycles. The van der Waals surface area contributed by atoms with Crippen molar-refractivity contribution in [2.24, 2.45) is 0 Å². The summed E-state index contributed by atoms with van der Waals surface area (Å²) in [7, 11) is 0. The zero-order valence-electron chi connectivity index (χ0n) is 25.1. The van der Waals surface area contributed by atoms with Crippen LogP contribution in [0.2, 0.25) is 0 Å². The molecule has 0 aliphatic carbocycles. The van der Waals surface area contributed by atoms with Gasteiger partial charge in [0.25, 0.3) is 0 Å². The summed E-state index contributed by atoms with van der Waals surface area (Å²) < 4.78 is 0. The number of hydrogen-bond donors (Lipinski definition) is 0. The summed E-state index contributed by atoms with van der Waals surface area (Å²) in [5, 5.41) is 13.2. The standard InChI is InChI=1S/C45H28S/c1-2-13-28(14-3-1)31-24-12-15-29-25-26-30(27-40(29)31)41-42-36-20-8-4-16-32(36)34-18-6-10-22-38(34)44(42)46-45-39-23-11-7-19-35(39)33-17-5-9-21-37(33)43(41)45/h1-27,41H. The fourth-order valence-corrected chi connectivity index (χ4v) is 9.44. The van der Waals surface area contributed by atoms with E-state index in [2.05, 4.69) is 164 Å². The fourth-order valence-electron chi connectivity index (χ4n) is 7.98. The summed E-state index contributed by atoms with van der Waals surface area (Å²) in [4.78, 5) is 2.76. The first-order chi connectivity index (χ1) is 22.8. The van der Waals surface area contributed by atoms with Crippen LogP contribution < -0.4 is 0 Å². The van der Waals surface area contributed by atoms with Gasteiger partial charge in [0.1, 0.15) is 0 Å². The molecule has 9 aromatic rings. The minimum Gasteiger partial charge on any atom is -0.0881 e. The van der Waals surface area contributed by atoms with E-state index in [-0.39, 0.29) is 5.92 Å². The molecule has 1 heterocycles. The smallest absolute Gasteiger partial charge is 0.0375 e. The van der Waals surface area contributed by atoms with Gasteiger partial charge in [0.2, 0.25) is 0 Å². The second kappa shape index (κ2) is 10.1. The van der Waals surface area contributed by atoms with E-state index in [1.165, 1.54) is 91.5 Å². The maximum atomic E-state index is 2.49. The van der Waals surface area contributed by atoms with Crippen molar-refractivity contribution in [2.75, 3.05) is 0 Å². The van der Waals surface area contributed by atoms with Gasteiger partial charge in [-0.15, -0.1) is 0 Å². The Kier molecular flexibility index (Phi) is 5.67. The van der Waals surface area contributed by atoms with E-state index in [4.69, 9.17) is 0 Å². The van der Waals surface area contributed by atoms with Crippen LogP contribution in [0.1, 0.15) is 22.6 Å². The summed E-state index contributed by atoms with van der Waals surface area (Å²) in [6.07, 6.45) is 0. The van der Waals surface area contributed by atoms with Crippen molar-refractivity contribution in [3.8, 4) is 11.1 Å². The van der Waals surface area contributed by atoms with Crippen LogP contribution in [0.4, 0.5) is 0 Å². The number of fused-ring (bicyclic) bond motifs is 13. The highest BCUT2D eigenvalue weighted by Gasteiger charge is 2.34. The maximum absolute atomic E-state index is 2.49. The largest absolute Gasteiger partial charge is 0.0881 e. The Hall–Kier alpha value is -5.37. The zero-order valence-corrected chi connectivity index (χ0v) is 25.9. The van der Waals surface area contributed by atoms with Crippen molar-refractivity contribution in [1.82, 2.24) is 0 Å². The molecule has 9 aromatic carbocycles. The van der Waals surface area contributed by atoms with Crippen molar-refractivity contribution in [2.45, 2.75) is 15.7 Å². The van der Waals surface area contributed by atoms with Gasteiger partial charge in [-0.2, -0.15) is 0 Å². The number of benzene rings is 9. The van der Waals surface area contributed by atoms with Gasteiger partial charge in [0.05, 0.1) is 0 Å². The van der Waals surface area contributed by atoms with Gasteiger partial charge in [0.15, 0.2) is 0 Å². The average molecular weight is 601 g/mol. The van der Waals surface area contributed by atoms with E-state index in [9.17, 15) is 0 Å². The Morgan fingerprint density at radius 3 is 1.39 bits per heavy atom. The van der Waals surface area contributed by atoms with Gasteiger partial charge in [0, 0.05) is 15.7 Å². The van der Waals surface area contributed by atoms with Crippen LogP contribution in [-0.2, 0) is 0 Å². The topological polar surface area (TPSA) is 0 Å². The summed E-state index contributed by atoms with van der Waals surface area (Å²) in [6.45, 7) is 0. The number of rotatable bonds is 2. The van der Waals surface area contributed by atoms with Crippen LogP contribution >= 0.6 is 11.8 Å². The molecular formula is C45H28S. The maximum Gasteiger partial charge on any atom is 0.0375 e. The first kappa shape index (κ1) is 25.9. The normalized spacial score (nSPS) is 13.0. The molecule has 46 heavy (non-hydrogen) atoms. The molecule has 0 atom stereocenters.